The molecule has 1 aromatic carbocycles. The van der Waals surface area contributed by atoms with Crippen molar-refractivity contribution in [2.75, 3.05) is 0 Å². The van der Waals surface area contributed by atoms with Gasteiger partial charge < -0.3 is 10.6 Å². The number of carbonyl (C=O) groups is 1. The van der Waals surface area contributed by atoms with E-state index >= 15 is 0 Å². The average Bonchev–Trinajstić information content (AvgIpc) is 2.46. The van der Waals surface area contributed by atoms with Gasteiger partial charge in [-0.05, 0) is 29.8 Å². The Morgan fingerprint density at radius 3 is 2.55 bits per heavy atom. The van der Waals surface area contributed by atoms with Crippen LogP contribution in [0.3, 0.4) is 0 Å². The van der Waals surface area contributed by atoms with E-state index in [1.807, 2.05) is 12.1 Å². The van der Waals surface area contributed by atoms with E-state index in [2.05, 4.69) is 15.6 Å². The summed E-state index contributed by atoms with van der Waals surface area (Å²) < 4.78 is 13.3. The summed E-state index contributed by atoms with van der Waals surface area (Å²) in [5.74, 6) is -0.439. The second kappa shape index (κ2) is 6.86. The molecule has 0 atom stereocenters. The molecule has 0 aliphatic carbocycles. The second-order valence-corrected chi connectivity index (χ2v) is 4.53. The van der Waals surface area contributed by atoms with Crippen LogP contribution in [0.2, 0.25) is 5.02 Å². The summed E-state index contributed by atoms with van der Waals surface area (Å²) in [6.45, 7) is 0.410. The van der Waals surface area contributed by atoms with Crippen LogP contribution < -0.4 is 10.6 Å². The number of amides is 2. The van der Waals surface area contributed by atoms with E-state index in [-0.39, 0.29) is 18.3 Å². The molecule has 2 rings (SSSR count). The lowest BCUT2D eigenvalue weighted by Gasteiger charge is -2.08. The number of benzene rings is 1. The van der Waals surface area contributed by atoms with Crippen LogP contribution in [0, 0.1) is 5.82 Å². The Bertz CT molecular complexity index is 589. The number of aromatic nitrogens is 1. The van der Waals surface area contributed by atoms with Crippen molar-refractivity contribution < 1.29 is 9.18 Å². The molecule has 20 heavy (non-hydrogen) atoms. The lowest BCUT2D eigenvalue weighted by atomic mass is 10.2. The van der Waals surface area contributed by atoms with Gasteiger partial charge in [-0.3, -0.25) is 4.98 Å². The van der Waals surface area contributed by atoms with Crippen molar-refractivity contribution in [3.05, 3.63) is 64.7 Å². The number of nitrogens with one attached hydrogen (secondary N) is 2. The normalized spacial score (nSPS) is 10.1. The van der Waals surface area contributed by atoms with Crippen molar-refractivity contribution >= 4 is 17.6 Å². The molecule has 2 N–H and O–H groups in total. The number of halogens is 2. The van der Waals surface area contributed by atoms with Gasteiger partial charge in [0.05, 0.1) is 12.2 Å². The first-order chi connectivity index (χ1) is 9.65. The third kappa shape index (κ3) is 4.20. The first-order valence-electron chi connectivity index (χ1n) is 6.00. The van der Waals surface area contributed by atoms with Crippen LogP contribution in [-0.4, -0.2) is 11.0 Å². The van der Waals surface area contributed by atoms with Gasteiger partial charge in [0.1, 0.15) is 5.82 Å². The van der Waals surface area contributed by atoms with E-state index in [1.54, 1.807) is 12.1 Å². The summed E-state index contributed by atoms with van der Waals surface area (Å²) in [4.78, 5) is 15.4. The zero-order valence-corrected chi connectivity index (χ0v) is 11.3. The summed E-state index contributed by atoms with van der Waals surface area (Å²) in [6.07, 6.45) is 1.48. The van der Waals surface area contributed by atoms with Gasteiger partial charge in [0, 0.05) is 17.8 Å². The Labute approximate surface area is 121 Å². The molecule has 0 unspecified atom stereocenters. The van der Waals surface area contributed by atoms with E-state index in [0.29, 0.717) is 11.6 Å². The lowest BCUT2D eigenvalue weighted by Crippen LogP contribution is -2.34. The fourth-order valence-electron chi connectivity index (χ4n) is 1.56. The van der Waals surface area contributed by atoms with Gasteiger partial charge in [0.2, 0.25) is 0 Å². The van der Waals surface area contributed by atoms with Crippen molar-refractivity contribution in [1.29, 1.82) is 0 Å². The number of rotatable bonds is 4. The lowest BCUT2D eigenvalue weighted by molar-refractivity contribution is 0.240. The molecule has 0 saturated heterocycles. The minimum absolute atomic E-state index is 0.0408. The zero-order valence-electron chi connectivity index (χ0n) is 10.6. The maximum atomic E-state index is 13.3. The number of hydrogen-bond acceptors (Lipinski definition) is 2. The monoisotopic (exact) mass is 293 g/mol. The maximum Gasteiger partial charge on any atom is 0.315 e. The predicted octanol–water partition coefficient (Wildman–Crippen LogP) is 2.87. The van der Waals surface area contributed by atoms with Crippen molar-refractivity contribution in [1.82, 2.24) is 15.6 Å². The SMILES string of the molecule is O=C(NCc1ccc(Cl)cc1)NCc1ncccc1F. The van der Waals surface area contributed by atoms with Crippen LogP contribution in [-0.2, 0) is 13.1 Å². The maximum absolute atomic E-state index is 13.3. The molecular weight excluding hydrogens is 281 g/mol. The molecule has 0 radical (unpaired) electrons. The predicted molar refractivity (Wildman–Crippen MR) is 74.7 cm³/mol. The minimum Gasteiger partial charge on any atom is -0.334 e. The summed E-state index contributed by atoms with van der Waals surface area (Å²) in [7, 11) is 0. The average molecular weight is 294 g/mol. The first-order valence-corrected chi connectivity index (χ1v) is 6.38. The van der Waals surface area contributed by atoms with Gasteiger partial charge in [-0.1, -0.05) is 23.7 Å². The fraction of sp³-hybridized carbons (Fsp3) is 0.143. The molecule has 1 aromatic heterocycles. The first kappa shape index (κ1) is 14.3. The quantitative estimate of drug-likeness (QED) is 0.911. The van der Waals surface area contributed by atoms with Crippen LogP contribution in [0.1, 0.15) is 11.3 Å². The Kier molecular flexibility index (Phi) is 4.90. The number of nitrogens with zero attached hydrogens (tertiary/aromatic N) is 1. The summed E-state index contributed by atoms with van der Waals surface area (Å²) >= 11 is 5.76. The standard InChI is InChI=1S/C14H13ClFN3O/c15-11-5-3-10(4-6-11)8-18-14(20)19-9-13-12(16)2-1-7-17-13/h1-7H,8-9H2,(H2,18,19,20). The van der Waals surface area contributed by atoms with E-state index in [4.69, 9.17) is 11.6 Å². The van der Waals surface area contributed by atoms with Crippen molar-refractivity contribution in [3.8, 4) is 0 Å². The third-order valence-corrected chi connectivity index (χ3v) is 2.87. The Morgan fingerprint density at radius 2 is 1.85 bits per heavy atom. The van der Waals surface area contributed by atoms with Gasteiger partial charge in [-0.15, -0.1) is 0 Å². The van der Waals surface area contributed by atoms with Crippen molar-refractivity contribution in [2.45, 2.75) is 13.1 Å². The van der Waals surface area contributed by atoms with Crippen LogP contribution in [0.4, 0.5) is 9.18 Å². The van der Waals surface area contributed by atoms with Crippen molar-refractivity contribution in [3.63, 3.8) is 0 Å². The topological polar surface area (TPSA) is 54.0 Å². The van der Waals surface area contributed by atoms with Gasteiger partial charge in [-0.2, -0.15) is 0 Å². The highest BCUT2D eigenvalue weighted by atomic mass is 35.5. The van der Waals surface area contributed by atoms with Crippen LogP contribution in [0.25, 0.3) is 0 Å². The van der Waals surface area contributed by atoms with Crippen LogP contribution >= 0.6 is 11.6 Å². The van der Waals surface area contributed by atoms with E-state index < -0.39 is 5.82 Å². The Balaban J connectivity index is 1.78. The molecule has 104 valence electrons. The van der Waals surface area contributed by atoms with E-state index in [9.17, 15) is 9.18 Å². The Hall–Kier alpha value is -2.14. The van der Waals surface area contributed by atoms with E-state index in [1.165, 1.54) is 18.3 Å². The number of carbonyl (C=O) groups excluding carboxylic acids is 1. The summed E-state index contributed by atoms with van der Waals surface area (Å²) in [6, 6.07) is 9.56. The van der Waals surface area contributed by atoms with Gasteiger partial charge >= 0.3 is 6.03 Å². The number of pyridine rings is 1. The highest BCUT2D eigenvalue weighted by Crippen LogP contribution is 2.09. The third-order valence-electron chi connectivity index (χ3n) is 2.62. The van der Waals surface area contributed by atoms with Gasteiger partial charge in [0.15, 0.2) is 0 Å². The number of urea groups is 1. The van der Waals surface area contributed by atoms with E-state index in [0.717, 1.165) is 5.56 Å². The summed E-state index contributed by atoms with van der Waals surface area (Å²) in [5, 5.41) is 5.85. The smallest absolute Gasteiger partial charge is 0.315 e. The molecule has 1 heterocycles. The minimum atomic E-state index is -0.439. The molecule has 0 bridgehead atoms. The van der Waals surface area contributed by atoms with Crippen molar-refractivity contribution in [2.24, 2.45) is 0 Å². The number of hydrogen-bond donors (Lipinski definition) is 2. The zero-order chi connectivity index (χ0) is 14.4. The highest BCUT2D eigenvalue weighted by Gasteiger charge is 2.05. The molecule has 0 aliphatic heterocycles. The summed E-state index contributed by atoms with van der Waals surface area (Å²) in [5.41, 5.74) is 1.13. The van der Waals surface area contributed by atoms with Gasteiger partial charge in [0.25, 0.3) is 0 Å². The Morgan fingerprint density at radius 1 is 1.15 bits per heavy atom. The molecule has 6 heteroatoms. The molecule has 0 spiro atoms. The molecular formula is C14H13ClFN3O. The molecule has 2 aromatic rings. The van der Waals surface area contributed by atoms with Crippen LogP contribution in [0.15, 0.2) is 42.6 Å². The second-order valence-electron chi connectivity index (χ2n) is 4.09. The molecule has 0 fully saturated rings. The highest BCUT2D eigenvalue weighted by molar-refractivity contribution is 6.30. The van der Waals surface area contributed by atoms with Gasteiger partial charge in [-0.25, -0.2) is 9.18 Å². The molecule has 2 amide bonds. The largest absolute Gasteiger partial charge is 0.334 e. The molecule has 0 aliphatic rings. The van der Waals surface area contributed by atoms with Crippen LogP contribution in [0.5, 0.6) is 0 Å². The molecule has 4 nitrogen and oxygen atoms in total. The molecule has 0 saturated carbocycles. The fourth-order valence-corrected chi connectivity index (χ4v) is 1.69.